The first-order chi connectivity index (χ1) is 11.1. The molecule has 2 aromatic rings. The number of rotatable bonds is 4. The highest BCUT2D eigenvalue weighted by molar-refractivity contribution is 9.10. The van der Waals surface area contributed by atoms with Gasteiger partial charge < -0.3 is 18.8 Å². The number of carbonyl (C=O) groups excluding carboxylic acids is 1. The van der Waals surface area contributed by atoms with Gasteiger partial charge in [-0.3, -0.25) is 0 Å². The van der Waals surface area contributed by atoms with Gasteiger partial charge in [0.1, 0.15) is 5.69 Å². The molecule has 0 amide bonds. The van der Waals surface area contributed by atoms with Crippen molar-refractivity contribution in [3.05, 3.63) is 33.9 Å². The quantitative estimate of drug-likeness (QED) is 0.760. The number of aromatic nitrogens is 1. The summed E-state index contributed by atoms with van der Waals surface area (Å²) in [5.41, 5.74) is 3.74. The van der Waals surface area contributed by atoms with Crippen LogP contribution in [-0.2, 0) is 17.7 Å². The number of methoxy groups -OCH3 is 2. The van der Waals surface area contributed by atoms with Crippen LogP contribution >= 0.6 is 15.9 Å². The number of fused-ring (bicyclic) bond motifs is 3. The Morgan fingerprint density at radius 2 is 1.91 bits per heavy atom. The van der Waals surface area contributed by atoms with Gasteiger partial charge >= 0.3 is 5.97 Å². The minimum absolute atomic E-state index is 0.302. The van der Waals surface area contributed by atoms with Gasteiger partial charge in [0.05, 0.1) is 26.5 Å². The van der Waals surface area contributed by atoms with Gasteiger partial charge in [0.2, 0.25) is 0 Å². The normalized spacial score (nSPS) is 12.3. The van der Waals surface area contributed by atoms with E-state index in [1.165, 1.54) is 5.56 Å². The van der Waals surface area contributed by atoms with E-state index >= 15 is 0 Å². The fourth-order valence-corrected chi connectivity index (χ4v) is 3.62. The molecule has 23 heavy (non-hydrogen) atoms. The lowest BCUT2D eigenvalue weighted by Gasteiger charge is -2.23. The van der Waals surface area contributed by atoms with Crippen molar-refractivity contribution in [3.63, 3.8) is 0 Å². The van der Waals surface area contributed by atoms with Gasteiger partial charge in [-0.2, -0.15) is 0 Å². The molecule has 122 valence electrons. The van der Waals surface area contributed by atoms with Crippen LogP contribution in [0.15, 0.2) is 22.7 Å². The summed E-state index contributed by atoms with van der Waals surface area (Å²) in [4.78, 5) is 12.2. The van der Waals surface area contributed by atoms with Crippen LogP contribution in [0.2, 0.25) is 0 Å². The van der Waals surface area contributed by atoms with Gasteiger partial charge in [-0.05, 0) is 53.0 Å². The zero-order chi connectivity index (χ0) is 16.6. The second-order valence-corrected chi connectivity index (χ2v) is 6.07. The second kappa shape index (κ2) is 6.28. The zero-order valence-electron chi connectivity index (χ0n) is 13.3. The third-order valence-electron chi connectivity index (χ3n) is 4.00. The van der Waals surface area contributed by atoms with Crippen LogP contribution in [0, 0.1) is 0 Å². The summed E-state index contributed by atoms with van der Waals surface area (Å²) in [7, 11) is 3.25. The van der Waals surface area contributed by atoms with Gasteiger partial charge in [-0.15, -0.1) is 0 Å². The van der Waals surface area contributed by atoms with Crippen molar-refractivity contribution in [3.8, 4) is 22.8 Å². The number of aryl methyl sites for hydroxylation is 1. The molecule has 1 aliphatic heterocycles. The van der Waals surface area contributed by atoms with Crippen molar-refractivity contribution in [1.82, 2.24) is 4.57 Å². The highest BCUT2D eigenvalue weighted by Gasteiger charge is 2.27. The predicted molar refractivity (Wildman–Crippen MR) is 90.3 cm³/mol. The molecule has 0 saturated heterocycles. The van der Waals surface area contributed by atoms with Gasteiger partial charge in [-0.1, -0.05) is 0 Å². The number of hydrogen-bond donors (Lipinski definition) is 0. The fraction of sp³-hybridized carbons (Fsp3) is 0.353. The van der Waals surface area contributed by atoms with Crippen LogP contribution < -0.4 is 9.47 Å². The lowest BCUT2D eigenvalue weighted by molar-refractivity contribution is 0.0514. The molecule has 1 aromatic heterocycles. The van der Waals surface area contributed by atoms with Crippen molar-refractivity contribution in [2.75, 3.05) is 20.8 Å². The zero-order valence-corrected chi connectivity index (χ0v) is 14.9. The molecule has 5 nitrogen and oxygen atoms in total. The molecule has 1 aromatic carbocycles. The minimum Gasteiger partial charge on any atom is -0.493 e. The lowest BCUT2D eigenvalue weighted by Crippen LogP contribution is -2.17. The molecule has 2 heterocycles. The van der Waals surface area contributed by atoms with E-state index in [-0.39, 0.29) is 5.97 Å². The topological polar surface area (TPSA) is 49.7 Å². The Hall–Kier alpha value is -1.95. The molecule has 0 bridgehead atoms. The molecule has 0 spiro atoms. The largest absolute Gasteiger partial charge is 0.493 e. The van der Waals surface area contributed by atoms with E-state index in [4.69, 9.17) is 14.2 Å². The van der Waals surface area contributed by atoms with Crippen LogP contribution in [0.1, 0.15) is 23.0 Å². The first-order valence-electron chi connectivity index (χ1n) is 7.42. The number of halogens is 1. The van der Waals surface area contributed by atoms with E-state index < -0.39 is 0 Å². The summed E-state index contributed by atoms with van der Waals surface area (Å²) in [6.45, 7) is 2.88. The molecule has 0 saturated carbocycles. The summed E-state index contributed by atoms with van der Waals surface area (Å²) in [6, 6.07) is 5.78. The molecule has 6 heteroatoms. The van der Waals surface area contributed by atoms with Crippen molar-refractivity contribution in [2.45, 2.75) is 19.9 Å². The maximum atomic E-state index is 12.2. The molecule has 0 radical (unpaired) electrons. The fourth-order valence-electron chi connectivity index (χ4n) is 2.98. The van der Waals surface area contributed by atoms with Gasteiger partial charge in [-0.25, -0.2) is 4.79 Å². The van der Waals surface area contributed by atoms with E-state index in [0.717, 1.165) is 28.7 Å². The summed E-state index contributed by atoms with van der Waals surface area (Å²) >= 11 is 3.57. The second-order valence-electron chi connectivity index (χ2n) is 5.21. The van der Waals surface area contributed by atoms with Crippen molar-refractivity contribution < 1.29 is 19.0 Å². The average molecular weight is 380 g/mol. The number of hydrogen-bond acceptors (Lipinski definition) is 4. The van der Waals surface area contributed by atoms with Crippen molar-refractivity contribution in [1.29, 1.82) is 0 Å². The maximum Gasteiger partial charge on any atom is 0.354 e. The van der Waals surface area contributed by atoms with Gasteiger partial charge in [0.25, 0.3) is 0 Å². The number of esters is 1. The van der Waals surface area contributed by atoms with Crippen LogP contribution in [0.25, 0.3) is 11.3 Å². The Morgan fingerprint density at radius 1 is 1.22 bits per heavy atom. The van der Waals surface area contributed by atoms with Gasteiger partial charge in [0.15, 0.2) is 11.5 Å². The third kappa shape index (κ3) is 2.61. The Labute approximate surface area is 143 Å². The number of ether oxygens (including phenoxy) is 3. The first kappa shape index (κ1) is 15.9. The minimum atomic E-state index is -0.302. The van der Waals surface area contributed by atoms with E-state index in [1.54, 1.807) is 21.1 Å². The number of nitrogens with zero attached hydrogens (tertiary/aromatic N) is 1. The highest BCUT2D eigenvalue weighted by atomic mass is 79.9. The Balaban J connectivity index is 2.16. The van der Waals surface area contributed by atoms with E-state index in [0.29, 0.717) is 23.8 Å². The highest BCUT2D eigenvalue weighted by Crippen LogP contribution is 2.42. The predicted octanol–water partition coefficient (Wildman–Crippen LogP) is 3.67. The first-order valence-corrected chi connectivity index (χ1v) is 8.21. The van der Waals surface area contributed by atoms with Crippen molar-refractivity contribution in [2.24, 2.45) is 0 Å². The van der Waals surface area contributed by atoms with Crippen LogP contribution in [0.3, 0.4) is 0 Å². The van der Waals surface area contributed by atoms with E-state index in [1.807, 2.05) is 22.8 Å². The van der Waals surface area contributed by atoms with Gasteiger partial charge in [0, 0.05) is 16.6 Å². The average Bonchev–Trinajstić information content (AvgIpc) is 2.91. The SMILES string of the molecule is CCOC(=O)c1cc(Br)c2n1CCc1cc(OC)c(OC)cc1-2. The lowest BCUT2D eigenvalue weighted by atomic mass is 9.97. The summed E-state index contributed by atoms with van der Waals surface area (Å²) in [6.07, 6.45) is 0.816. The van der Waals surface area contributed by atoms with E-state index in [2.05, 4.69) is 15.9 Å². The van der Waals surface area contributed by atoms with Crippen LogP contribution in [-0.4, -0.2) is 31.4 Å². The molecule has 1 aliphatic rings. The number of carbonyl (C=O) groups is 1. The summed E-state index contributed by atoms with van der Waals surface area (Å²) in [5, 5.41) is 0. The van der Waals surface area contributed by atoms with Crippen molar-refractivity contribution >= 4 is 21.9 Å². The van der Waals surface area contributed by atoms with Crippen LogP contribution in [0.4, 0.5) is 0 Å². The summed E-state index contributed by atoms with van der Waals surface area (Å²) in [5.74, 6) is 1.09. The third-order valence-corrected chi connectivity index (χ3v) is 4.61. The van der Waals surface area contributed by atoms with Crippen LogP contribution in [0.5, 0.6) is 11.5 Å². The monoisotopic (exact) mass is 379 g/mol. The Bertz CT molecular complexity index is 766. The molecular formula is C17H18BrNO4. The molecule has 0 fully saturated rings. The molecule has 0 aliphatic carbocycles. The molecule has 0 N–H and O–H groups in total. The van der Waals surface area contributed by atoms with E-state index in [9.17, 15) is 4.79 Å². The summed E-state index contributed by atoms with van der Waals surface area (Å²) < 4.78 is 18.8. The standard InChI is InChI=1S/C17H18BrNO4/c1-4-23-17(20)13-9-12(18)16-11-8-15(22-3)14(21-2)7-10(11)5-6-19(13)16/h7-9H,4-6H2,1-3H3. The smallest absolute Gasteiger partial charge is 0.354 e. The molecule has 0 unspecified atom stereocenters. The maximum absolute atomic E-state index is 12.2. The number of benzene rings is 1. The molecule has 3 rings (SSSR count). The Morgan fingerprint density at radius 3 is 2.57 bits per heavy atom. The Kier molecular flexibility index (Phi) is 4.35. The molecular weight excluding hydrogens is 362 g/mol. The molecule has 0 atom stereocenters.